The van der Waals surface area contributed by atoms with Crippen LogP contribution in [-0.4, -0.2) is 20.2 Å². The Labute approximate surface area is 109 Å². The molecule has 1 aromatic rings. The van der Waals surface area contributed by atoms with Gasteiger partial charge in [-0.25, -0.2) is 8.42 Å². The molecule has 1 fully saturated rings. The van der Waals surface area contributed by atoms with Crippen LogP contribution < -0.4 is 5.32 Å². The molecule has 1 atom stereocenters. The minimum atomic E-state index is -3.08. The molecule has 0 saturated heterocycles. The lowest BCUT2D eigenvalue weighted by molar-refractivity contribution is 0.486. The van der Waals surface area contributed by atoms with Crippen molar-refractivity contribution in [2.45, 2.75) is 50.1 Å². The van der Waals surface area contributed by atoms with Crippen molar-refractivity contribution in [3.63, 3.8) is 0 Å². The third-order valence-corrected chi connectivity index (χ3v) is 5.90. The van der Waals surface area contributed by atoms with Gasteiger partial charge in [-0.05, 0) is 49.8 Å². The van der Waals surface area contributed by atoms with E-state index in [0.717, 1.165) is 16.7 Å². The molecule has 1 saturated carbocycles. The number of nitrogens with one attached hydrogen (secondary N) is 1. The maximum absolute atomic E-state index is 12.3. The number of benzene rings is 1. The zero-order valence-electron chi connectivity index (χ0n) is 10.9. The van der Waals surface area contributed by atoms with E-state index < -0.39 is 9.84 Å². The van der Waals surface area contributed by atoms with Gasteiger partial charge in [-0.1, -0.05) is 12.1 Å². The molecule has 0 radical (unpaired) electrons. The van der Waals surface area contributed by atoms with E-state index in [4.69, 9.17) is 0 Å². The first-order valence-electron chi connectivity index (χ1n) is 6.58. The Hall–Kier alpha value is -0.870. The van der Waals surface area contributed by atoms with Crippen LogP contribution in [0.15, 0.2) is 17.0 Å². The minimum absolute atomic E-state index is 0.218. The average molecular weight is 265 g/mol. The summed E-state index contributed by atoms with van der Waals surface area (Å²) in [6, 6.07) is 4.78. The molecular weight excluding hydrogens is 246 g/mol. The van der Waals surface area contributed by atoms with E-state index in [1.807, 2.05) is 26.0 Å². The van der Waals surface area contributed by atoms with Gasteiger partial charge in [0.1, 0.15) is 0 Å². The van der Waals surface area contributed by atoms with Gasteiger partial charge in [0, 0.05) is 12.1 Å². The minimum Gasteiger partial charge on any atom is -0.307 e. The van der Waals surface area contributed by atoms with E-state index in [1.54, 1.807) is 0 Å². The Balaban J connectivity index is 2.14. The van der Waals surface area contributed by atoms with Gasteiger partial charge >= 0.3 is 0 Å². The molecule has 3 rings (SSSR count). The number of hydrogen-bond donors (Lipinski definition) is 1. The van der Waals surface area contributed by atoms with Crippen LogP contribution in [0.2, 0.25) is 0 Å². The second kappa shape index (κ2) is 4.07. The van der Waals surface area contributed by atoms with Gasteiger partial charge in [0.05, 0.1) is 10.6 Å². The number of hydrogen-bond acceptors (Lipinski definition) is 3. The largest absolute Gasteiger partial charge is 0.307 e. The first-order valence-corrected chi connectivity index (χ1v) is 8.23. The summed E-state index contributed by atoms with van der Waals surface area (Å²) in [5.41, 5.74) is 3.00. The van der Waals surface area contributed by atoms with Crippen LogP contribution >= 0.6 is 0 Å². The molecule has 0 spiro atoms. The van der Waals surface area contributed by atoms with Crippen LogP contribution in [0.3, 0.4) is 0 Å². The second-order valence-corrected chi connectivity index (χ2v) is 7.59. The summed E-state index contributed by atoms with van der Waals surface area (Å²) < 4.78 is 24.5. The highest BCUT2D eigenvalue weighted by Gasteiger charge is 2.35. The van der Waals surface area contributed by atoms with Gasteiger partial charge in [0.2, 0.25) is 0 Å². The van der Waals surface area contributed by atoms with Crippen molar-refractivity contribution in [3.05, 3.63) is 28.8 Å². The van der Waals surface area contributed by atoms with Gasteiger partial charge in [0.25, 0.3) is 0 Å². The van der Waals surface area contributed by atoms with Crippen molar-refractivity contribution < 1.29 is 8.42 Å². The highest BCUT2D eigenvalue weighted by atomic mass is 32.2. The summed E-state index contributed by atoms with van der Waals surface area (Å²) in [6.07, 6.45) is 3.16. The van der Waals surface area contributed by atoms with E-state index in [9.17, 15) is 8.42 Å². The molecule has 1 aliphatic carbocycles. The molecule has 1 aliphatic heterocycles. The third-order valence-electron chi connectivity index (χ3n) is 3.96. The molecule has 1 heterocycles. The number of rotatable bonds is 2. The van der Waals surface area contributed by atoms with Gasteiger partial charge in [-0.3, -0.25) is 0 Å². The van der Waals surface area contributed by atoms with Crippen molar-refractivity contribution in [1.82, 2.24) is 5.32 Å². The fourth-order valence-electron chi connectivity index (χ4n) is 2.87. The third kappa shape index (κ3) is 1.97. The molecule has 18 heavy (non-hydrogen) atoms. The van der Waals surface area contributed by atoms with Crippen LogP contribution in [0.5, 0.6) is 0 Å². The van der Waals surface area contributed by atoms with Crippen molar-refractivity contribution in [1.29, 1.82) is 0 Å². The Morgan fingerprint density at radius 1 is 1.11 bits per heavy atom. The number of fused-ring (bicyclic) bond motifs is 1. The Morgan fingerprint density at radius 3 is 2.44 bits per heavy atom. The van der Waals surface area contributed by atoms with Crippen molar-refractivity contribution in [2.24, 2.45) is 0 Å². The fourth-order valence-corrected chi connectivity index (χ4v) is 4.82. The molecule has 0 bridgehead atoms. The zero-order chi connectivity index (χ0) is 12.9. The van der Waals surface area contributed by atoms with E-state index in [1.165, 1.54) is 12.8 Å². The van der Waals surface area contributed by atoms with Crippen LogP contribution in [0, 0.1) is 13.8 Å². The van der Waals surface area contributed by atoms with Crippen LogP contribution in [-0.2, 0) is 9.84 Å². The predicted molar refractivity (Wildman–Crippen MR) is 71.5 cm³/mol. The summed E-state index contributed by atoms with van der Waals surface area (Å²) in [4.78, 5) is 0.590. The normalized spacial score (nSPS) is 25.8. The smallest absolute Gasteiger partial charge is 0.179 e. The predicted octanol–water partition coefficient (Wildman–Crippen LogP) is 2.27. The van der Waals surface area contributed by atoms with Crippen LogP contribution in [0.1, 0.15) is 42.0 Å². The van der Waals surface area contributed by atoms with E-state index in [0.29, 0.717) is 17.4 Å². The molecule has 0 aromatic heterocycles. The summed E-state index contributed by atoms with van der Waals surface area (Å²) in [5, 5.41) is 3.59. The van der Waals surface area contributed by atoms with Gasteiger partial charge < -0.3 is 5.32 Å². The molecule has 2 aliphatic rings. The van der Waals surface area contributed by atoms with Crippen molar-refractivity contribution >= 4 is 9.84 Å². The van der Waals surface area contributed by atoms with E-state index in [-0.39, 0.29) is 11.8 Å². The Kier molecular flexibility index (Phi) is 2.75. The standard InChI is InChI=1S/C14H19NO2S/c1-9-3-4-10(2)14-13(9)12(15-11-5-6-11)7-8-18(14,16)17/h3-4,11-12,15H,5-8H2,1-2H3. The quantitative estimate of drug-likeness (QED) is 0.892. The zero-order valence-corrected chi connectivity index (χ0v) is 11.7. The topological polar surface area (TPSA) is 46.2 Å². The molecule has 1 N–H and O–H groups in total. The number of sulfone groups is 1. The molecule has 1 unspecified atom stereocenters. The van der Waals surface area contributed by atoms with E-state index in [2.05, 4.69) is 5.32 Å². The Morgan fingerprint density at radius 2 is 1.78 bits per heavy atom. The average Bonchev–Trinajstić information content (AvgIpc) is 3.10. The molecular formula is C14H19NO2S. The molecule has 4 heteroatoms. The second-order valence-electron chi connectivity index (χ2n) is 5.54. The first kappa shape index (κ1) is 12.2. The first-order chi connectivity index (χ1) is 8.49. The van der Waals surface area contributed by atoms with Crippen molar-refractivity contribution in [3.8, 4) is 0 Å². The Bertz CT molecular complexity index is 588. The monoisotopic (exact) mass is 265 g/mol. The highest BCUT2D eigenvalue weighted by molar-refractivity contribution is 7.91. The van der Waals surface area contributed by atoms with Crippen molar-refractivity contribution in [2.75, 3.05) is 5.75 Å². The summed E-state index contributed by atoms with van der Waals surface area (Å²) in [5.74, 6) is 0.272. The molecule has 0 amide bonds. The lowest BCUT2D eigenvalue weighted by Gasteiger charge is -2.29. The lowest BCUT2D eigenvalue weighted by atomic mass is 9.96. The summed E-state index contributed by atoms with van der Waals surface area (Å²) in [7, 11) is -3.08. The molecule has 1 aromatic carbocycles. The van der Waals surface area contributed by atoms with E-state index >= 15 is 0 Å². The van der Waals surface area contributed by atoms with Gasteiger partial charge in [-0.15, -0.1) is 0 Å². The van der Waals surface area contributed by atoms with Gasteiger partial charge in [-0.2, -0.15) is 0 Å². The maximum atomic E-state index is 12.3. The maximum Gasteiger partial charge on any atom is 0.179 e. The van der Waals surface area contributed by atoms with Gasteiger partial charge in [0.15, 0.2) is 9.84 Å². The highest BCUT2D eigenvalue weighted by Crippen LogP contribution is 2.38. The van der Waals surface area contributed by atoms with Crippen LogP contribution in [0.25, 0.3) is 0 Å². The number of aryl methyl sites for hydroxylation is 2. The molecule has 3 nitrogen and oxygen atoms in total. The lowest BCUT2D eigenvalue weighted by Crippen LogP contribution is -2.32. The SMILES string of the molecule is Cc1ccc(C)c2c1C(NC1CC1)CCS2(=O)=O. The summed E-state index contributed by atoms with van der Waals surface area (Å²) >= 11 is 0. The van der Waals surface area contributed by atoms with Crippen LogP contribution in [0.4, 0.5) is 0 Å². The fraction of sp³-hybridized carbons (Fsp3) is 0.571. The summed E-state index contributed by atoms with van der Waals surface area (Å²) in [6.45, 7) is 3.91. The molecule has 98 valence electrons.